The van der Waals surface area contributed by atoms with Crippen molar-refractivity contribution in [2.24, 2.45) is 0 Å². The molecule has 8 nitrogen and oxygen atoms in total. The maximum absolute atomic E-state index is 11.3. The van der Waals surface area contributed by atoms with Crippen LogP contribution in [0.1, 0.15) is 24.2 Å². The summed E-state index contributed by atoms with van der Waals surface area (Å²) in [5.74, 6) is -2.16. The van der Waals surface area contributed by atoms with Crippen LogP contribution in [-0.4, -0.2) is 34.7 Å². The van der Waals surface area contributed by atoms with E-state index in [9.17, 15) is 19.7 Å². The number of carbonyl (C=O) groups is 2. The number of rotatable bonds is 6. The van der Waals surface area contributed by atoms with E-state index in [1.54, 1.807) is 13.8 Å². The van der Waals surface area contributed by atoms with Crippen molar-refractivity contribution in [3.05, 3.63) is 33.9 Å². The number of benzene rings is 1. The maximum Gasteiger partial charge on any atom is 0.344 e. The third kappa shape index (κ3) is 4.23. The molecule has 0 heterocycles. The summed E-state index contributed by atoms with van der Waals surface area (Å²) in [7, 11) is 0. The number of nitrogens with zero attached hydrogens (tertiary/aromatic N) is 1. The summed E-state index contributed by atoms with van der Waals surface area (Å²) in [6, 6.07) is 3.15. The molecule has 0 bridgehead atoms. The second kappa shape index (κ2) is 6.50. The Morgan fingerprint density at radius 3 is 2.55 bits per heavy atom. The Labute approximate surface area is 114 Å². The quantitative estimate of drug-likeness (QED) is 0.479. The molecule has 0 fully saturated rings. The minimum atomic E-state index is -1.29. The average molecular weight is 283 g/mol. The van der Waals surface area contributed by atoms with E-state index in [2.05, 4.69) is 0 Å². The van der Waals surface area contributed by atoms with Gasteiger partial charge in [-0.05, 0) is 26.0 Å². The first-order chi connectivity index (χ1) is 9.31. The summed E-state index contributed by atoms with van der Waals surface area (Å²) in [4.78, 5) is 32.1. The minimum absolute atomic E-state index is 0.194. The van der Waals surface area contributed by atoms with Gasteiger partial charge in [-0.2, -0.15) is 0 Å². The second-order valence-electron chi connectivity index (χ2n) is 4.07. The van der Waals surface area contributed by atoms with Gasteiger partial charge in [-0.3, -0.25) is 10.1 Å². The topological polar surface area (TPSA) is 116 Å². The van der Waals surface area contributed by atoms with Crippen LogP contribution >= 0.6 is 0 Å². The normalized spacial score (nSPS) is 10.2. The lowest BCUT2D eigenvalue weighted by Crippen LogP contribution is -2.19. The fourth-order valence-corrected chi connectivity index (χ4v) is 1.35. The molecule has 0 unspecified atom stereocenters. The van der Waals surface area contributed by atoms with Gasteiger partial charge in [-0.15, -0.1) is 0 Å². The third-order valence-electron chi connectivity index (χ3n) is 2.12. The zero-order valence-electron chi connectivity index (χ0n) is 10.9. The van der Waals surface area contributed by atoms with Crippen molar-refractivity contribution in [2.45, 2.75) is 20.0 Å². The van der Waals surface area contributed by atoms with E-state index in [4.69, 9.17) is 14.6 Å². The van der Waals surface area contributed by atoms with Crippen LogP contribution in [0.15, 0.2) is 18.2 Å². The Bertz CT molecular complexity index is 539. The highest BCUT2D eigenvalue weighted by Crippen LogP contribution is 2.28. The van der Waals surface area contributed by atoms with Crippen molar-refractivity contribution in [1.82, 2.24) is 0 Å². The largest absolute Gasteiger partial charge is 0.478 e. The smallest absolute Gasteiger partial charge is 0.344 e. The van der Waals surface area contributed by atoms with Crippen LogP contribution < -0.4 is 4.74 Å². The van der Waals surface area contributed by atoms with E-state index < -0.39 is 29.2 Å². The van der Waals surface area contributed by atoms with Gasteiger partial charge in [-0.25, -0.2) is 9.59 Å². The van der Waals surface area contributed by atoms with Gasteiger partial charge >= 0.3 is 17.6 Å². The first kappa shape index (κ1) is 15.4. The molecule has 0 spiro atoms. The molecule has 0 atom stereocenters. The second-order valence-corrected chi connectivity index (χ2v) is 4.07. The van der Waals surface area contributed by atoms with Crippen LogP contribution in [-0.2, 0) is 9.53 Å². The molecule has 0 aliphatic rings. The fourth-order valence-electron chi connectivity index (χ4n) is 1.35. The predicted octanol–water partition coefficient (Wildman–Crippen LogP) is 1.62. The highest BCUT2D eigenvalue weighted by atomic mass is 16.6. The summed E-state index contributed by atoms with van der Waals surface area (Å²) < 4.78 is 9.79. The number of esters is 1. The molecule has 0 aromatic heterocycles. The van der Waals surface area contributed by atoms with Crippen molar-refractivity contribution >= 4 is 17.6 Å². The summed E-state index contributed by atoms with van der Waals surface area (Å²) in [5, 5.41) is 19.6. The van der Waals surface area contributed by atoms with E-state index in [-0.39, 0.29) is 17.4 Å². The molecule has 0 amide bonds. The molecular formula is C12H13NO7. The van der Waals surface area contributed by atoms with Gasteiger partial charge in [0, 0.05) is 6.07 Å². The van der Waals surface area contributed by atoms with E-state index in [1.165, 1.54) is 0 Å². The lowest BCUT2D eigenvalue weighted by atomic mass is 10.2. The third-order valence-corrected chi connectivity index (χ3v) is 2.12. The first-order valence-corrected chi connectivity index (χ1v) is 5.65. The number of hydrogen-bond acceptors (Lipinski definition) is 6. The Balaban J connectivity index is 2.87. The highest BCUT2D eigenvalue weighted by Gasteiger charge is 2.19. The molecular weight excluding hydrogens is 270 g/mol. The number of ether oxygens (including phenoxy) is 2. The fraction of sp³-hybridized carbons (Fsp3) is 0.333. The number of nitro groups is 1. The Hall–Kier alpha value is -2.64. The van der Waals surface area contributed by atoms with Crippen LogP contribution in [0.4, 0.5) is 5.69 Å². The molecule has 0 aliphatic carbocycles. The Morgan fingerprint density at radius 2 is 2.05 bits per heavy atom. The Kier molecular flexibility index (Phi) is 5.01. The number of nitro benzene ring substituents is 1. The highest BCUT2D eigenvalue weighted by molar-refractivity contribution is 5.89. The van der Waals surface area contributed by atoms with Crippen LogP contribution in [0.5, 0.6) is 5.75 Å². The van der Waals surface area contributed by atoms with Gasteiger partial charge in [0.1, 0.15) is 0 Å². The Morgan fingerprint density at radius 1 is 1.40 bits per heavy atom. The first-order valence-electron chi connectivity index (χ1n) is 5.65. The van der Waals surface area contributed by atoms with E-state index in [0.29, 0.717) is 0 Å². The van der Waals surface area contributed by atoms with Crippen LogP contribution in [0, 0.1) is 10.1 Å². The molecule has 1 rings (SSSR count). The van der Waals surface area contributed by atoms with Gasteiger partial charge in [0.05, 0.1) is 16.6 Å². The van der Waals surface area contributed by atoms with Crippen molar-refractivity contribution in [2.75, 3.05) is 6.61 Å². The van der Waals surface area contributed by atoms with Crippen LogP contribution in [0.2, 0.25) is 0 Å². The molecule has 108 valence electrons. The van der Waals surface area contributed by atoms with Crippen molar-refractivity contribution < 1.29 is 29.1 Å². The summed E-state index contributed by atoms with van der Waals surface area (Å²) in [5.41, 5.74) is -0.768. The average Bonchev–Trinajstić information content (AvgIpc) is 2.35. The number of carboxylic acids is 1. The van der Waals surface area contributed by atoms with Crippen LogP contribution in [0.25, 0.3) is 0 Å². The minimum Gasteiger partial charge on any atom is -0.478 e. The summed E-state index contributed by atoms with van der Waals surface area (Å²) in [6.45, 7) is 2.81. The zero-order valence-corrected chi connectivity index (χ0v) is 10.9. The standard InChI is InChI=1S/C12H13NO7/c1-7(2)20-11(14)6-19-10-4-3-8(12(15)16)5-9(10)13(17)18/h3-5,7H,6H2,1-2H3,(H,15,16). The van der Waals surface area contributed by atoms with Gasteiger partial charge in [-0.1, -0.05) is 0 Å². The SMILES string of the molecule is CC(C)OC(=O)COc1ccc(C(=O)O)cc1[N+](=O)[O-]. The van der Waals surface area contributed by atoms with Gasteiger partial charge < -0.3 is 14.6 Å². The van der Waals surface area contributed by atoms with E-state index in [1.807, 2.05) is 0 Å². The predicted molar refractivity (Wildman–Crippen MR) is 66.8 cm³/mol. The number of hydrogen-bond donors (Lipinski definition) is 1. The molecule has 0 saturated heterocycles. The van der Waals surface area contributed by atoms with Gasteiger partial charge in [0.25, 0.3) is 0 Å². The lowest BCUT2D eigenvalue weighted by molar-refractivity contribution is -0.385. The monoisotopic (exact) mass is 283 g/mol. The molecule has 0 radical (unpaired) electrons. The molecule has 20 heavy (non-hydrogen) atoms. The van der Waals surface area contributed by atoms with Crippen molar-refractivity contribution in [3.63, 3.8) is 0 Å². The number of aromatic carboxylic acids is 1. The lowest BCUT2D eigenvalue weighted by Gasteiger charge is -2.09. The molecule has 1 N–H and O–H groups in total. The molecule has 8 heteroatoms. The molecule has 0 aliphatic heterocycles. The molecule has 0 saturated carbocycles. The van der Waals surface area contributed by atoms with Gasteiger partial charge in [0.15, 0.2) is 12.4 Å². The van der Waals surface area contributed by atoms with E-state index >= 15 is 0 Å². The summed E-state index contributed by atoms with van der Waals surface area (Å²) >= 11 is 0. The van der Waals surface area contributed by atoms with Crippen molar-refractivity contribution in [1.29, 1.82) is 0 Å². The number of carbonyl (C=O) groups excluding carboxylic acids is 1. The summed E-state index contributed by atoms with van der Waals surface area (Å²) in [6.07, 6.45) is -0.324. The zero-order chi connectivity index (χ0) is 15.3. The van der Waals surface area contributed by atoms with E-state index in [0.717, 1.165) is 18.2 Å². The van der Waals surface area contributed by atoms with Crippen LogP contribution in [0.3, 0.4) is 0 Å². The molecule has 1 aromatic rings. The van der Waals surface area contributed by atoms with Crippen molar-refractivity contribution in [3.8, 4) is 5.75 Å². The van der Waals surface area contributed by atoms with Gasteiger partial charge in [0.2, 0.25) is 0 Å². The number of carboxylic acid groups (broad SMARTS) is 1. The molecule has 1 aromatic carbocycles. The maximum atomic E-state index is 11.3.